The van der Waals surface area contributed by atoms with E-state index in [0.29, 0.717) is 18.5 Å². The first kappa shape index (κ1) is 37.1. The first-order valence-electron chi connectivity index (χ1n) is 16.7. The van der Waals surface area contributed by atoms with Gasteiger partial charge in [0.05, 0.1) is 0 Å². The predicted molar refractivity (Wildman–Crippen MR) is 189 cm³/mol. The van der Waals surface area contributed by atoms with E-state index in [-0.39, 0.29) is 24.0 Å². The number of carbonyl (C=O) groups is 3. The van der Waals surface area contributed by atoms with E-state index >= 15 is 0 Å². The highest BCUT2D eigenvalue weighted by atomic mass is 16.6. The van der Waals surface area contributed by atoms with Crippen molar-refractivity contribution in [3.8, 4) is 5.75 Å². The van der Waals surface area contributed by atoms with Gasteiger partial charge in [-0.3, -0.25) is 9.59 Å². The van der Waals surface area contributed by atoms with E-state index < -0.39 is 23.8 Å². The Balaban J connectivity index is 2.13. The molecule has 0 bridgehead atoms. The highest BCUT2D eigenvalue weighted by Gasteiger charge is 2.37. The summed E-state index contributed by atoms with van der Waals surface area (Å²) < 4.78 is 5.57. The number of benzene rings is 3. The van der Waals surface area contributed by atoms with E-state index in [9.17, 15) is 19.5 Å². The SMILES string of the molecule is CCCCCCCN(C(=O)C(Cc1ccc(O)cc1)NC(=O)OC(C)(C)C)C(C(=O)Nc1c(C)cccc1C)c1cc(C)cc(C)c1. The summed E-state index contributed by atoms with van der Waals surface area (Å²) in [6.07, 6.45) is 4.21. The molecule has 0 aliphatic carbocycles. The third-order valence-corrected chi connectivity index (χ3v) is 8.00. The van der Waals surface area contributed by atoms with Gasteiger partial charge in [0.15, 0.2) is 0 Å². The fourth-order valence-corrected chi connectivity index (χ4v) is 5.81. The van der Waals surface area contributed by atoms with E-state index in [0.717, 1.165) is 59.2 Å². The standard InChI is InChI=1S/C39H53N3O5/c1-9-10-11-12-13-21-42(37(45)33(40-38(46)47-39(6,7)8)25-30-17-19-32(43)20-18-30)35(31-23-26(2)22-27(3)24-31)36(44)41-34-28(4)15-14-16-29(34)5/h14-20,22-24,33,35,43H,9-13,21,25H2,1-8H3,(H,40,46)(H,41,44). The molecule has 0 fully saturated rings. The Bertz CT molecular complexity index is 1470. The molecule has 0 saturated carbocycles. The lowest BCUT2D eigenvalue weighted by molar-refractivity contribution is -0.140. The Morgan fingerprint density at radius 3 is 2.02 bits per heavy atom. The lowest BCUT2D eigenvalue weighted by Gasteiger charge is -2.35. The summed E-state index contributed by atoms with van der Waals surface area (Å²) in [5.74, 6) is -0.612. The number of hydrogen-bond acceptors (Lipinski definition) is 5. The summed E-state index contributed by atoms with van der Waals surface area (Å²) in [6.45, 7) is 15.6. The van der Waals surface area contributed by atoms with Gasteiger partial charge in [-0.05, 0) is 89.3 Å². The smallest absolute Gasteiger partial charge is 0.408 e. The number of carbonyl (C=O) groups excluding carboxylic acids is 3. The van der Waals surface area contributed by atoms with Crippen molar-refractivity contribution in [3.05, 3.63) is 94.0 Å². The van der Waals surface area contributed by atoms with Gasteiger partial charge in [0.25, 0.3) is 5.91 Å². The monoisotopic (exact) mass is 643 g/mol. The van der Waals surface area contributed by atoms with Crippen LogP contribution in [0.1, 0.15) is 99.2 Å². The number of anilines is 1. The second kappa shape index (κ2) is 17.0. The van der Waals surface area contributed by atoms with Gasteiger partial charge in [0.2, 0.25) is 5.91 Å². The number of phenolic OH excluding ortho intramolecular Hbond substituents is 1. The van der Waals surface area contributed by atoms with Gasteiger partial charge in [-0.1, -0.05) is 92.3 Å². The molecule has 2 unspecified atom stereocenters. The highest BCUT2D eigenvalue weighted by molar-refractivity contribution is 6.00. The molecule has 0 aliphatic heterocycles. The molecule has 0 saturated heterocycles. The molecular formula is C39H53N3O5. The van der Waals surface area contributed by atoms with Crippen molar-refractivity contribution >= 4 is 23.6 Å². The molecule has 0 aliphatic rings. The van der Waals surface area contributed by atoms with Crippen LogP contribution in [0, 0.1) is 27.7 Å². The fourth-order valence-electron chi connectivity index (χ4n) is 5.81. The van der Waals surface area contributed by atoms with Gasteiger partial charge in [0, 0.05) is 18.7 Å². The minimum Gasteiger partial charge on any atom is -0.508 e. The van der Waals surface area contributed by atoms with Gasteiger partial charge in [-0.15, -0.1) is 0 Å². The number of ether oxygens (including phenoxy) is 1. The molecule has 254 valence electrons. The van der Waals surface area contributed by atoms with Crippen molar-refractivity contribution in [1.82, 2.24) is 10.2 Å². The second-order valence-electron chi connectivity index (χ2n) is 13.6. The summed E-state index contributed by atoms with van der Waals surface area (Å²) in [4.78, 5) is 44.1. The zero-order valence-electron chi connectivity index (χ0n) is 29.4. The number of rotatable bonds is 14. The number of aromatic hydroxyl groups is 1. The number of hydrogen-bond donors (Lipinski definition) is 3. The topological polar surface area (TPSA) is 108 Å². The molecule has 0 radical (unpaired) electrons. The van der Waals surface area contributed by atoms with Crippen LogP contribution in [0.2, 0.25) is 0 Å². The van der Waals surface area contributed by atoms with Crippen LogP contribution in [0.15, 0.2) is 60.7 Å². The molecule has 3 N–H and O–H groups in total. The van der Waals surface area contributed by atoms with Gasteiger partial charge >= 0.3 is 6.09 Å². The summed E-state index contributed by atoms with van der Waals surface area (Å²) in [5.41, 5.74) is 5.19. The van der Waals surface area contributed by atoms with E-state index in [1.807, 2.05) is 64.1 Å². The molecule has 3 aromatic rings. The molecule has 8 nitrogen and oxygen atoms in total. The van der Waals surface area contributed by atoms with E-state index in [2.05, 4.69) is 17.6 Å². The number of nitrogens with one attached hydrogen (secondary N) is 2. The van der Waals surface area contributed by atoms with Crippen LogP contribution >= 0.6 is 0 Å². The van der Waals surface area contributed by atoms with Gasteiger partial charge in [-0.2, -0.15) is 0 Å². The van der Waals surface area contributed by atoms with Crippen LogP contribution in [-0.2, 0) is 20.7 Å². The summed E-state index contributed by atoms with van der Waals surface area (Å²) in [5, 5.41) is 15.8. The number of alkyl carbamates (subject to hydrolysis) is 1. The maximum Gasteiger partial charge on any atom is 0.408 e. The first-order chi connectivity index (χ1) is 22.2. The number of unbranched alkanes of at least 4 members (excludes halogenated alkanes) is 4. The predicted octanol–water partition coefficient (Wildman–Crippen LogP) is 8.24. The van der Waals surface area contributed by atoms with Crippen molar-refractivity contribution in [1.29, 1.82) is 0 Å². The van der Waals surface area contributed by atoms with Gasteiger partial charge in [0.1, 0.15) is 23.4 Å². The lowest BCUT2D eigenvalue weighted by atomic mass is 9.96. The molecule has 0 spiro atoms. The van der Waals surface area contributed by atoms with Crippen LogP contribution in [-0.4, -0.2) is 46.1 Å². The van der Waals surface area contributed by atoms with E-state index in [1.54, 1.807) is 49.9 Å². The van der Waals surface area contributed by atoms with Gasteiger partial charge < -0.3 is 25.4 Å². The molecule has 3 aromatic carbocycles. The van der Waals surface area contributed by atoms with E-state index in [1.165, 1.54) is 0 Å². The summed E-state index contributed by atoms with van der Waals surface area (Å²) in [6, 6.07) is 16.3. The Morgan fingerprint density at radius 2 is 1.45 bits per heavy atom. The van der Waals surface area contributed by atoms with Crippen LogP contribution in [0.25, 0.3) is 0 Å². The number of nitrogens with zero attached hydrogens (tertiary/aromatic N) is 1. The molecule has 0 heterocycles. The van der Waals surface area contributed by atoms with Gasteiger partial charge in [-0.25, -0.2) is 4.79 Å². The molecule has 0 aromatic heterocycles. The van der Waals surface area contributed by atoms with Crippen molar-refractivity contribution in [2.24, 2.45) is 0 Å². The normalized spacial score (nSPS) is 12.6. The number of aryl methyl sites for hydroxylation is 4. The largest absolute Gasteiger partial charge is 0.508 e. The molecular weight excluding hydrogens is 590 g/mol. The lowest BCUT2D eigenvalue weighted by Crippen LogP contribution is -2.53. The van der Waals surface area contributed by atoms with Crippen LogP contribution in [0.3, 0.4) is 0 Å². The number of para-hydroxylation sites is 1. The van der Waals surface area contributed by atoms with Crippen LogP contribution in [0.4, 0.5) is 10.5 Å². The minimum atomic E-state index is -1.04. The Labute approximate surface area is 280 Å². The Kier molecular flexibility index (Phi) is 13.4. The van der Waals surface area contributed by atoms with Crippen molar-refractivity contribution < 1.29 is 24.2 Å². The zero-order chi connectivity index (χ0) is 34.7. The van der Waals surface area contributed by atoms with Crippen molar-refractivity contribution in [2.45, 2.75) is 112 Å². The van der Waals surface area contributed by atoms with Crippen LogP contribution < -0.4 is 10.6 Å². The summed E-state index contributed by atoms with van der Waals surface area (Å²) in [7, 11) is 0. The molecule has 2 atom stereocenters. The van der Waals surface area contributed by atoms with Crippen molar-refractivity contribution in [2.75, 3.05) is 11.9 Å². The summed E-state index contributed by atoms with van der Waals surface area (Å²) >= 11 is 0. The molecule has 3 amide bonds. The van der Waals surface area contributed by atoms with Crippen LogP contribution in [0.5, 0.6) is 5.75 Å². The average molecular weight is 644 g/mol. The molecule has 3 rings (SSSR count). The molecule has 8 heteroatoms. The highest BCUT2D eigenvalue weighted by Crippen LogP contribution is 2.29. The average Bonchev–Trinajstić information content (AvgIpc) is 2.97. The Hall–Kier alpha value is -4.33. The third kappa shape index (κ3) is 11.5. The van der Waals surface area contributed by atoms with E-state index in [4.69, 9.17) is 4.74 Å². The fraction of sp³-hybridized carbons (Fsp3) is 0.462. The number of amides is 3. The maximum absolute atomic E-state index is 14.8. The Morgan fingerprint density at radius 1 is 0.851 bits per heavy atom. The second-order valence-corrected chi connectivity index (χ2v) is 13.6. The first-order valence-corrected chi connectivity index (χ1v) is 16.7. The maximum atomic E-state index is 14.8. The van der Waals surface area contributed by atoms with Crippen molar-refractivity contribution in [3.63, 3.8) is 0 Å². The molecule has 47 heavy (non-hydrogen) atoms. The third-order valence-electron chi connectivity index (χ3n) is 8.00. The minimum absolute atomic E-state index is 0.100. The quantitative estimate of drug-likeness (QED) is 0.153. The number of phenols is 1. The zero-order valence-corrected chi connectivity index (χ0v) is 29.4.